The number of benzene rings is 2. The Morgan fingerprint density at radius 3 is 2.45 bits per heavy atom. The van der Waals surface area contributed by atoms with Crippen LogP contribution in [0.4, 0.5) is 5.69 Å². The van der Waals surface area contributed by atoms with E-state index in [2.05, 4.69) is 46.1 Å². The summed E-state index contributed by atoms with van der Waals surface area (Å²) in [5, 5.41) is 13.7. The number of hydrogen-bond acceptors (Lipinski definition) is 5. The molecule has 0 aromatic heterocycles. The molecule has 0 radical (unpaired) electrons. The number of aromatic hydroxyl groups is 1. The van der Waals surface area contributed by atoms with Crippen LogP contribution in [0.5, 0.6) is 17.2 Å². The van der Waals surface area contributed by atoms with Crippen molar-refractivity contribution in [2.24, 2.45) is 4.99 Å². The van der Waals surface area contributed by atoms with E-state index in [-0.39, 0.29) is 5.41 Å². The number of nitrogens with zero attached hydrogens (tertiary/aromatic N) is 3. The Balaban J connectivity index is 1.36. The van der Waals surface area contributed by atoms with Gasteiger partial charge in [-0.1, -0.05) is 32.0 Å². The molecule has 2 heterocycles. The molecule has 31 heavy (non-hydrogen) atoms. The first-order chi connectivity index (χ1) is 15.0. The standard InChI is InChI=1S/C24H32N4O3/c1-24(2,18-8-9-21-22(16-18)31-15-14-30-21)17-26-23(25-3)28-12-10-27(11-13-28)19-6-4-5-7-20(19)29/h4-9,16,29H,10-15,17H2,1-3H3,(H,25,26). The van der Waals surface area contributed by atoms with Gasteiger partial charge in [-0.25, -0.2) is 0 Å². The highest BCUT2D eigenvalue weighted by molar-refractivity contribution is 5.80. The number of nitrogens with one attached hydrogen (secondary N) is 1. The lowest BCUT2D eigenvalue weighted by Crippen LogP contribution is -2.54. The Morgan fingerprint density at radius 2 is 1.74 bits per heavy atom. The first-order valence-corrected chi connectivity index (χ1v) is 10.9. The number of para-hydroxylation sites is 2. The molecule has 0 bridgehead atoms. The van der Waals surface area contributed by atoms with Gasteiger partial charge in [0.2, 0.25) is 0 Å². The van der Waals surface area contributed by atoms with E-state index in [1.165, 1.54) is 5.56 Å². The third kappa shape index (κ3) is 4.65. The van der Waals surface area contributed by atoms with Gasteiger partial charge in [0.25, 0.3) is 0 Å². The summed E-state index contributed by atoms with van der Waals surface area (Å²) in [4.78, 5) is 9.01. The maximum Gasteiger partial charge on any atom is 0.193 e. The van der Waals surface area contributed by atoms with Gasteiger partial charge in [-0.3, -0.25) is 4.99 Å². The second-order valence-electron chi connectivity index (χ2n) is 8.61. The third-order valence-electron chi connectivity index (χ3n) is 6.03. The van der Waals surface area contributed by atoms with Gasteiger partial charge in [0, 0.05) is 45.2 Å². The Kier molecular flexibility index (Phi) is 6.11. The Hall–Kier alpha value is -3.09. The average Bonchev–Trinajstić information content (AvgIpc) is 2.80. The zero-order valence-electron chi connectivity index (χ0n) is 18.6. The van der Waals surface area contributed by atoms with Crippen LogP contribution in [-0.4, -0.2) is 69.0 Å². The predicted molar refractivity (Wildman–Crippen MR) is 124 cm³/mol. The lowest BCUT2D eigenvalue weighted by atomic mass is 9.84. The van der Waals surface area contributed by atoms with Crippen molar-refractivity contribution >= 4 is 11.6 Å². The van der Waals surface area contributed by atoms with Crippen LogP contribution in [0.2, 0.25) is 0 Å². The molecule has 1 saturated heterocycles. The first-order valence-electron chi connectivity index (χ1n) is 10.9. The number of hydrogen-bond donors (Lipinski definition) is 2. The summed E-state index contributed by atoms with van der Waals surface area (Å²) in [5.41, 5.74) is 1.98. The van der Waals surface area contributed by atoms with Gasteiger partial charge in [-0.2, -0.15) is 0 Å². The van der Waals surface area contributed by atoms with E-state index in [0.717, 1.165) is 55.9 Å². The molecule has 7 nitrogen and oxygen atoms in total. The fourth-order valence-corrected chi connectivity index (χ4v) is 4.09. The van der Waals surface area contributed by atoms with Crippen LogP contribution >= 0.6 is 0 Å². The molecule has 2 aliphatic heterocycles. The van der Waals surface area contributed by atoms with E-state index in [0.29, 0.717) is 19.0 Å². The highest BCUT2D eigenvalue weighted by atomic mass is 16.6. The van der Waals surface area contributed by atoms with Gasteiger partial charge in [0.15, 0.2) is 17.5 Å². The number of fused-ring (bicyclic) bond motifs is 1. The fraction of sp³-hybridized carbons (Fsp3) is 0.458. The van der Waals surface area contributed by atoms with Crippen LogP contribution in [0.3, 0.4) is 0 Å². The summed E-state index contributed by atoms with van der Waals surface area (Å²) in [5.74, 6) is 2.88. The van der Waals surface area contributed by atoms with Crippen molar-refractivity contribution in [1.82, 2.24) is 10.2 Å². The summed E-state index contributed by atoms with van der Waals surface area (Å²) in [6.07, 6.45) is 0. The van der Waals surface area contributed by atoms with E-state index in [9.17, 15) is 5.11 Å². The number of ether oxygens (including phenoxy) is 2. The minimum Gasteiger partial charge on any atom is -0.506 e. The second-order valence-corrected chi connectivity index (χ2v) is 8.61. The Bertz CT molecular complexity index is 936. The van der Waals surface area contributed by atoms with Crippen LogP contribution in [0.15, 0.2) is 47.5 Å². The topological polar surface area (TPSA) is 69.6 Å². The van der Waals surface area contributed by atoms with Crippen LogP contribution in [0, 0.1) is 0 Å². The minimum absolute atomic E-state index is 0.108. The van der Waals surface area contributed by atoms with E-state index >= 15 is 0 Å². The lowest BCUT2D eigenvalue weighted by Gasteiger charge is -2.38. The van der Waals surface area contributed by atoms with Crippen LogP contribution in [0.25, 0.3) is 0 Å². The van der Waals surface area contributed by atoms with Gasteiger partial charge >= 0.3 is 0 Å². The average molecular weight is 425 g/mol. The molecular weight excluding hydrogens is 392 g/mol. The van der Waals surface area contributed by atoms with Crippen molar-refractivity contribution in [3.8, 4) is 17.2 Å². The van der Waals surface area contributed by atoms with Crippen LogP contribution in [-0.2, 0) is 5.41 Å². The Morgan fingerprint density at radius 1 is 1.03 bits per heavy atom. The molecule has 0 spiro atoms. The van der Waals surface area contributed by atoms with Crippen molar-refractivity contribution in [3.63, 3.8) is 0 Å². The second kappa shape index (κ2) is 8.96. The lowest BCUT2D eigenvalue weighted by molar-refractivity contribution is 0.171. The highest BCUT2D eigenvalue weighted by Gasteiger charge is 2.26. The van der Waals surface area contributed by atoms with Gasteiger partial charge < -0.3 is 29.7 Å². The molecule has 0 unspecified atom stereocenters. The molecule has 0 atom stereocenters. The van der Waals surface area contributed by atoms with Gasteiger partial charge in [0.1, 0.15) is 19.0 Å². The van der Waals surface area contributed by atoms with E-state index < -0.39 is 0 Å². The molecule has 2 aliphatic rings. The zero-order valence-corrected chi connectivity index (χ0v) is 18.6. The molecule has 2 aromatic rings. The maximum atomic E-state index is 10.1. The molecule has 7 heteroatoms. The Labute approximate surface area is 184 Å². The van der Waals surface area contributed by atoms with Crippen molar-refractivity contribution in [2.75, 3.05) is 57.9 Å². The molecule has 2 aromatic carbocycles. The van der Waals surface area contributed by atoms with Crippen molar-refractivity contribution in [1.29, 1.82) is 0 Å². The fourth-order valence-electron chi connectivity index (χ4n) is 4.09. The van der Waals surface area contributed by atoms with Gasteiger partial charge in [-0.05, 0) is 29.8 Å². The van der Waals surface area contributed by atoms with E-state index in [1.807, 2.05) is 31.3 Å². The van der Waals surface area contributed by atoms with Crippen LogP contribution < -0.4 is 19.7 Å². The number of phenolic OH excluding ortho intramolecular Hbond substituents is 1. The SMILES string of the molecule is CN=C(NCC(C)(C)c1ccc2c(c1)OCCO2)N1CCN(c2ccccc2O)CC1. The van der Waals surface area contributed by atoms with Gasteiger partial charge in [0.05, 0.1) is 5.69 Å². The normalized spacial score (nSPS) is 16.9. The molecule has 4 rings (SSSR count). The highest BCUT2D eigenvalue weighted by Crippen LogP contribution is 2.35. The minimum atomic E-state index is -0.108. The number of anilines is 1. The summed E-state index contributed by atoms with van der Waals surface area (Å²) < 4.78 is 11.4. The summed E-state index contributed by atoms with van der Waals surface area (Å²) in [7, 11) is 1.83. The molecule has 0 amide bonds. The third-order valence-corrected chi connectivity index (χ3v) is 6.03. The number of phenols is 1. The number of guanidine groups is 1. The van der Waals surface area contributed by atoms with Crippen molar-refractivity contribution in [2.45, 2.75) is 19.3 Å². The van der Waals surface area contributed by atoms with Crippen molar-refractivity contribution < 1.29 is 14.6 Å². The molecule has 0 aliphatic carbocycles. The molecule has 2 N–H and O–H groups in total. The van der Waals surface area contributed by atoms with Crippen LogP contribution in [0.1, 0.15) is 19.4 Å². The monoisotopic (exact) mass is 424 g/mol. The summed E-state index contributed by atoms with van der Waals surface area (Å²) >= 11 is 0. The predicted octanol–water partition coefficient (Wildman–Crippen LogP) is 2.84. The number of aliphatic imine (C=N–C) groups is 1. The molecule has 1 fully saturated rings. The summed E-state index contributed by atoms with van der Waals surface area (Å²) in [6.45, 7) is 9.74. The molecule has 166 valence electrons. The number of rotatable bonds is 4. The zero-order chi connectivity index (χ0) is 21.8. The molecule has 0 saturated carbocycles. The number of piperazine rings is 1. The quantitative estimate of drug-likeness (QED) is 0.581. The largest absolute Gasteiger partial charge is 0.506 e. The first kappa shape index (κ1) is 21.2. The maximum absolute atomic E-state index is 10.1. The smallest absolute Gasteiger partial charge is 0.193 e. The van der Waals surface area contributed by atoms with Crippen molar-refractivity contribution in [3.05, 3.63) is 48.0 Å². The molecular formula is C24H32N4O3. The summed E-state index contributed by atoms with van der Waals surface area (Å²) in [6, 6.07) is 13.7. The van der Waals surface area contributed by atoms with E-state index in [1.54, 1.807) is 6.07 Å². The van der Waals surface area contributed by atoms with Gasteiger partial charge in [-0.15, -0.1) is 0 Å². The van der Waals surface area contributed by atoms with E-state index in [4.69, 9.17) is 9.47 Å².